The number of rotatable bonds is 10. The number of amides is 1. The van der Waals surface area contributed by atoms with Gasteiger partial charge >= 0.3 is 6.09 Å². The topological polar surface area (TPSA) is 109 Å². The zero-order valence-corrected chi connectivity index (χ0v) is 26.2. The number of methoxy groups -OCH3 is 1. The van der Waals surface area contributed by atoms with Crippen molar-refractivity contribution >= 4 is 33.0 Å². The second kappa shape index (κ2) is 12.6. The fourth-order valence-electron chi connectivity index (χ4n) is 4.24. The van der Waals surface area contributed by atoms with Gasteiger partial charge in [0.2, 0.25) is 11.1 Å². The van der Waals surface area contributed by atoms with Crippen LogP contribution in [-0.2, 0) is 27.7 Å². The van der Waals surface area contributed by atoms with Gasteiger partial charge in [0.25, 0.3) is 0 Å². The quantitative estimate of drug-likeness (QED) is 0.356. The van der Waals surface area contributed by atoms with E-state index in [1.165, 1.54) is 25.3 Å². The molecular formula is C28H38F2N4O5S2. The van der Waals surface area contributed by atoms with E-state index < -0.39 is 43.0 Å². The van der Waals surface area contributed by atoms with Crippen molar-refractivity contribution in [2.24, 2.45) is 4.99 Å². The Kier molecular flexibility index (Phi) is 10.1. The molecule has 1 aliphatic heterocycles. The third-order valence-electron chi connectivity index (χ3n) is 6.56. The molecule has 1 aliphatic rings. The Hall–Kier alpha value is -2.74. The summed E-state index contributed by atoms with van der Waals surface area (Å²) in [5, 5.41) is 4.28. The highest BCUT2D eigenvalue weighted by atomic mass is 32.3. The number of benzene rings is 2. The molecule has 9 nitrogen and oxygen atoms in total. The van der Waals surface area contributed by atoms with Gasteiger partial charge in [0.05, 0.1) is 12.0 Å². The van der Waals surface area contributed by atoms with Crippen molar-refractivity contribution in [1.82, 2.24) is 15.5 Å². The summed E-state index contributed by atoms with van der Waals surface area (Å²) in [7, 11) is -0.982. The Morgan fingerprint density at radius 3 is 2.41 bits per heavy atom. The number of carbonyl (C=O) groups is 1. The number of thioether (sulfide) groups is 1. The number of aliphatic imine (C=N–C) groups is 1. The minimum Gasteiger partial charge on any atom is -0.496 e. The van der Waals surface area contributed by atoms with Crippen LogP contribution in [0.25, 0.3) is 0 Å². The summed E-state index contributed by atoms with van der Waals surface area (Å²) in [6, 6.07) is 9.11. The van der Waals surface area contributed by atoms with E-state index in [4.69, 9.17) is 9.47 Å². The van der Waals surface area contributed by atoms with Gasteiger partial charge in [-0.25, -0.2) is 22.6 Å². The first-order valence-corrected chi connectivity index (χ1v) is 15.5. The van der Waals surface area contributed by atoms with Crippen molar-refractivity contribution in [2.75, 3.05) is 14.2 Å². The number of carbonyl (C=O) groups excluding carboxylic acids is 1. The van der Waals surface area contributed by atoms with Gasteiger partial charge in [0.1, 0.15) is 17.2 Å². The zero-order valence-electron chi connectivity index (χ0n) is 24.5. The van der Waals surface area contributed by atoms with E-state index in [-0.39, 0.29) is 23.0 Å². The van der Waals surface area contributed by atoms with Crippen LogP contribution in [0, 0.1) is 12.7 Å². The molecule has 0 spiro atoms. The predicted octanol–water partition coefficient (Wildman–Crippen LogP) is 5.12. The number of aryl methyl sites for hydroxylation is 1. The second-order valence-corrected chi connectivity index (χ2v) is 14.4. The van der Waals surface area contributed by atoms with Gasteiger partial charge < -0.3 is 9.47 Å². The first-order valence-electron chi connectivity index (χ1n) is 13.0. The van der Waals surface area contributed by atoms with Crippen molar-refractivity contribution < 1.29 is 31.5 Å². The van der Waals surface area contributed by atoms with E-state index in [0.29, 0.717) is 35.2 Å². The molecule has 41 heavy (non-hydrogen) atoms. The smallest absolute Gasteiger partial charge is 0.410 e. The lowest BCUT2D eigenvalue weighted by molar-refractivity contribution is 0.0444. The maximum absolute atomic E-state index is 15.4. The van der Waals surface area contributed by atoms with E-state index in [0.717, 1.165) is 0 Å². The zero-order chi connectivity index (χ0) is 30.8. The third kappa shape index (κ3) is 7.56. The largest absolute Gasteiger partial charge is 0.496 e. The number of ether oxygens (including phenoxy) is 2. The van der Waals surface area contributed by atoms with Crippen LogP contribution in [0.15, 0.2) is 46.3 Å². The van der Waals surface area contributed by atoms with Gasteiger partial charge in [0, 0.05) is 30.3 Å². The number of hydrogen-bond acceptors (Lipinski definition) is 9. The van der Waals surface area contributed by atoms with Gasteiger partial charge in [0.15, 0.2) is 14.4 Å². The van der Waals surface area contributed by atoms with Gasteiger partial charge in [-0.3, -0.25) is 15.5 Å². The molecule has 0 bridgehead atoms. The minimum absolute atomic E-state index is 0.0497. The van der Waals surface area contributed by atoms with Crippen LogP contribution in [0.1, 0.15) is 51.3 Å². The summed E-state index contributed by atoms with van der Waals surface area (Å²) in [4.78, 5) is 18.9. The molecule has 0 saturated carbocycles. The Labute approximate surface area is 245 Å². The average molecular weight is 613 g/mol. The highest BCUT2D eigenvalue weighted by Gasteiger charge is 2.55. The van der Waals surface area contributed by atoms with Crippen LogP contribution in [-0.4, -0.2) is 60.9 Å². The SMILES string of the molecule is COc1ccc(F)c(CNC2(NC(=O)OC(C)(C)C)N=C(F)SC2S(=O)(=O)c2ccccc2C)c1CN(C)C(C)C. The molecule has 0 aliphatic carbocycles. The van der Waals surface area contributed by atoms with Gasteiger partial charge in [-0.2, -0.15) is 4.39 Å². The molecule has 13 heteroatoms. The van der Waals surface area contributed by atoms with Crippen molar-refractivity contribution in [3.8, 4) is 5.75 Å². The molecule has 2 atom stereocenters. The Morgan fingerprint density at radius 2 is 1.83 bits per heavy atom. The summed E-state index contributed by atoms with van der Waals surface area (Å²) < 4.78 is 67.5. The maximum Gasteiger partial charge on any atom is 0.410 e. The van der Waals surface area contributed by atoms with Gasteiger partial charge in [-0.15, -0.1) is 0 Å². The first-order chi connectivity index (χ1) is 19.0. The standard InChI is InChI=1S/C28H38F2N4O5S2/c1-17(2)34(7)16-20-19(21(29)13-14-22(20)38-8)15-31-28(33-26(35)39-27(4,5)6)24(40-25(30)32-28)41(36,37)23-12-10-9-11-18(23)3/h9-14,17,24,31H,15-16H2,1-8H3,(H,33,35). The number of nitrogens with zero attached hydrogens (tertiary/aromatic N) is 2. The number of halogens is 2. The van der Waals surface area contributed by atoms with E-state index in [1.807, 2.05) is 25.8 Å². The molecule has 3 rings (SSSR count). The Balaban J connectivity index is 2.13. The summed E-state index contributed by atoms with van der Waals surface area (Å²) in [6.07, 6.45) is -1.03. The molecule has 2 aromatic rings. The Morgan fingerprint density at radius 1 is 1.17 bits per heavy atom. The summed E-state index contributed by atoms with van der Waals surface area (Å²) >= 11 is 0.345. The monoisotopic (exact) mass is 612 g/mol. The molecule has 1 heterocycles. The lowest BCUT2D eigenvalue weighted by atomic mass is 10.0. The van der Waals surface area contributed by atoms with Crippen molar-refractivity contribution in [3.05, 3.63) is 58.9 Å². The van der Waals surface area contributed by atoms with Crippen LogP contribution in [0.5, 0.6) is 5.75 Å². The van der Waals surface area contributed by atoms with Crippen LogP contribution < -0.4 is 15.4 Å². The highest BCUT2D eigenvalue weighted by molar-refractivity contribution is 8.23. The van der Waals surface area contributed by atoms with Crippen molar-refractivity contribution in [1.29, 1.82) is 0 Å². The average Bonchev–Trinajstić information content (AvgIpc) is 3.19. The van der Waals surface area contributed by atoms with Crippen molar-refractivity contribution in [2.45, 2.75) is 81.5 Å². The molecular weight excluding hydrogens is 574 g/mol. The molecule has 226 valence electrons. The first kappa shape index (κ1) is 32.8. The predicted molar refractivity (Wildman–Crippen MR) is 157 cm³/mol. The third-order valence-corrected chi connectivity index (χ3v) is 10.4. The molecule has 1 amide bonds. The summed E-state index contributed by atoms with van der Waals surface area (Å²) in [5.41, 5.74) is 0.153. The summed E-state index contributed by atoms with van der Waals surface area (Å²) in [6.45, 7) is 10.5. The molecule has 2 N–H and O–H groups in total. The normalized spacial score (nSPS) is 19.4. The highest BCUT2D eigenvalue weighted by Crippen LogP contribution is 2.41. The number of hydrogen-bond donors (Lipinski definition) is 2. The van der Waals surface area contributed by atoms with Gasteiger partial charge in [-0.1, -0.05) is 18.2 Å². The molecule has 2 aromatic carbocycles. The van der Waals surface area contributed by atoms with Crippen molar-refractivity contribution in [3.63, 3.8) is 0 Å². The van der Waals surface area contributed by atoms with Crippen LogP contribution >= 0.6 is 11.8 Å². The fraction of sp³-hybridized carbons (Fsp3) is 0.500. The van der Waals surface area contributed by atoms with Gasteiger partial charge in [-0.05, 0) is 84.1 Å². The number of nitrogens with one attached hydrogen (secondary N) is 2. The number of alkyl carbamates (subject to hydrolysis) is 1. The van der Waals surface area contributed by atoms with Crippen LogP contribution in [0.4, 0.5) is 13.6 Å². The fourth-order valence-corrected chi connectivity index (χ4v) is 7.69. The minimum atomic E-state index is -4.32. The summed E-state index contributed by atoms with van der Waals surface area (Å²) in [5.74, 6) is -2.41. The van der Waals surface area contributed by atoms with Crippen LogP contribution in [0.3, 0.4) is 0 Å². The lowest BCUT2D eigenvalue weighted by Crippen LogP contribution is -2.64. The van der Waals surface area contributed by atoms with E-state index >= 15 is 4.39 Å². The molecule has 0 fully saturated rings. The molecule has 0 saturated heterocycles. The van der Waals surface area contributed by atoms with E-state index in [2.05, 4.69) is 15.6 Å². The lowest BCUT2D eigenvalue weighted by Gasteiger charge is -2.35. The van der Waals surface area contributed by atoms with Crippen LogP contribution in [0.2, 0.25) is 0 Å². The molecule has 0 aromatic heterocycles. The second-order valence-electron chi connectivity index (χ2n) is 11.1. The van der Waals surface area contributed by atoms with E-state index in [1.54, 1.807) is 45.9 Å². The molecule has 2 unspecified atom stereocenters. The number of sulfone groups is 1. The molecule has 0 radical (unpaired) electrons. The maximum atomic E-state index is 15.4. The Bertz CT molecular complexity index is 1410. The van der Waals surface area contributed by atoms with E-state index in [9.17, 15) is 17.6 Å².